The van der Waals surface area contributed by atoms with E-state index in [-0.39, 0.29) is 4.21 Å². The fraction of sp³-hybridized carbons (Fsp3) is 0.111. The van der Waals surface area contributed by atoms with Crippen LogP contribution >= 0.6 is 33.6 Å². The highest BCUT2D eigenvalue weighted by molar-refractivity contribution is 8.15. The van der Waals surface area contributed by atoms with Crippen LogP contribution in [-0.4, -0.2) is 8.42 Å². The summed E-state index contributed by atoms with van der Waals surface area (Å²) < 4.78 is 22.8. The topological polar surface area (TPSA) is 34.1 Å². The van der Waals surface area contributed by atoms with E-state index in [4.69, 9.17) is 22.3 Å². The minimum Gasteiger partial charge on any atom is -0.206 e. The third kappa shape index (κ3) is 1.99. The lowest BCUT2D eigenvalue weighted by Crippen LogP contribution is -1.85. The SMILES string of the molecule is Cc1sc(S(=O)(=O)Cl)c2ccc(Cl)cc12. The first-order valence-corrected chi connectivity index (χ1v) is 7.53. The van der Waals surface area contributed by atoms with E-state index in [0.717, 1.165) is 21.6 Å². The Hall–Kier alpha value is -0.290. The molecule has 0 bridgehead atoms. The van der Waals surface area contributed by atoms with E-state index in [2.05, 4.69) is 0 Å². The Bertz CT molecular complexity index is 629. The van der Waals surface area contributed by atoms with Crippen molar-refractivity contribution in [2.45, 2.75) is 11.1 Å². The van der Waals surface area contributed by atoms with Crippen molar-refractivity contribution in [2.75, 3.05) is 0 Å². The highest BCUT2D eigenvalue weighted by Crippen LogP contribution is 2.37. The molecular weight excluding hydrogens is 275 g/mol. The van der Waals surface area contributed by atoms with E-state index in [1.807, 2.05) is 6.92 Å². The predicted molar refractivity (Wildman–Crippen MR) is 64.6 cm³/mol. The zero-order valence-corrected chi connectivity index (χ0v) is 10.8. The van der Waals surface area contributed by atoms with Gasteiger partial charge >= 0.3 is 0 Å². The van der Waals surface area contributed by atoms with Gasteiger partial charge in [0, 0.05) is 26.0 Å². The smallest absolute Gasteiger partial charge is 0.206 e. The maximum absolute atomic E-state index is 11.3. The number of fused-ring (bicyclic) bond motifs is 1. The second kappa shape index (κ2) is 3.63. The Balaban J connectivity index is 2.92. The zero-order valence-electron chi connectivity index (χ0n) is 7.62. The van der Waals surface area contributed by atoms with E-state index >= 15 is 0 Å². The molecular formula is C9H6Cl2O2S2. The van der Waals surface area contributed by atoms with Gasteiger partial charge in [-0.05, 0) is 24.4 Å². The summed E-state index contributed by atoms with van der Waals surface area (Å²) >= 11 is 7.00. The van der Waals surface area contributed by atoms with Crippen LogP contribution in [0.4, 0.5) is 0 Å². The number of aryl methyl sites for hydroxylation is 1. The van der Waals surface area contributed by atoms with Crippen LogP contribution in [0.25, 0.3) is 10.8 Å². The third-order valence-corrected chi connectivity index (χ3v) is 5.52. The lowest BCUT2D eigenvalue weighted by molar-refractivity contribution is 0.612. The maximum atomic E-state index is 11.3. The van der Waals surface area contributed by atoms with Crippen LogP contribution in [0.5, 0.6) is 0 Å². The molecule has 1 heterocycles. The van der Waals surface area contributed by atoms with Gasteiger partial charge < -0.3 is 0 Å². The van der Waals surface area contributed by atoms with Gasteiger partial charge in [-0.1, -0.05) is 17.7 Å². The highest BCUT2D eigenvalue weighted by Gasteiger charge is 2.18. The molecule has 0 spiro atoms. The minimum atomic E-state index is -3.67. The van der Waals surface area contributed by atoms with E-state index in [1.54, 1.807) is 18.2 Å². The van der Waals surface area contributed by atoms with Crippen LogP contribution in [0.1, 0.15) is 4.88 Å². The third-order valence-electron chi connectivity index (χ3n) is 2.05. The van der Waals surface area contributed by atoms with Crippen LogP contribution in [-0.2, 0) is 9.05 Å². The largest absolute Gasteiger partial charge is 0.271 e. The predicted octanol–water partition coefficient (Wildman–Crippen LogP) is 3.79. The van der Waals surface area contributed by atoms with Gasteiger partial charge in [0.25, 0.3) is 9.05 Å². The van der Waals surface area contributed by atoms with Gasteiger partial charge in [0.05, 0.1) is 0 Å². The van der Waals surface area contributed by atoms with Crippen LogP contribution in [0.3, 0.4) is 0 Å². The number of thiophene rings is 1. The molecule has 1 aromatic heterocycles. The van der Waals surface area contributed by atoms with Crippen molar-refractivity contribution < 1.29 is 8.42 Å². The molecule has 0 N–H and O–H groups in total. The normalized spacial score (nSPS) is 12.2. The standard InChI is InChI=1S/C9H6Cl2O2S2/c1-5-8-4-6(10)2-3-7(8)9(14-5)15(11,12)13/h2-4H,1H3. The monoisotopic (exact) mass is 280 g/mol. The van der Waals surface area contributed by atoms with Gasteiger partial charge in [-0.25, -0.2) is 8.42 Å². The van der Waals surface area contributed by atoms with Crippen molar-refractivity contribution in [1.29, 1.82) is 0 Å². The average molecular weight is 281 g/mol. The van der Waals surface area contributed by atoms with Crippen LogP contribution in [0.2, 0.25) is 5.02 Å². The summed E-state index contributed by atoms with van der Waals surface area (Å²) in [6, 6.07) is 5.08. The van der Waals surface area contributed by atoms with E-state index in [9.17, 15) is 8.42 Å². The number of benzene rings is 1. The van der Waals surface area contributed by atoms with Crippen molar-refractivity contribution >= 4 is 53.4 Å². The van der Waals surface area contributed by atoms with Crippen LogP contribution < -0.4 is 0 Å². The highest BCUT2D eigenvalue weighted by atomic mass is 35.7. The first-order chi connectivity index (χ1) is 6.89. The van der Waals surface area contributed by atoms with Gasteiger partial charge in [0.1, 0.15) is 4.21 Å². The second-order valence-electron chi connectivity index (χ2n) is 3.07. The molecule has 0 saturated carbocycles. The summed E-state index contributed by atoms with van der Waals surface area (Å²) in [5.74, 6) is 0. The molecule has 0 unspecified atom stereocenters. The number of rotatable bonds is 1. The number of hydrogen-bond acceptors (Lipinski definition) is 3. The van der Waals surface area contributed by atoms with Crippen molar-refractivity contribution in [3.63, 3.8) is 0 Å². The van der Waals surface area contributed by atoms with Crippen LogP contribution in [0, 0.1) is 6.92 Å². The lowest BCUT2D eigenvalue weighted by Gasteiger charge is -1.94. The van der Waals surface area contributed by atoms with Crippen LogP contribution in [0.15, 0.2) is 22.4 Å². The summed E-state index contributed by atoms with van der Waals surface area (Å²) in [5.41, 5.74) is 0. The van der Waals surface area contributed by atoms with E-state index in [1.165, 1.54) is 0 Å². The Morgan fingerprint density at radius 1 is 1.27 bits per heavy atom. The molecule has 0 aliphatic carbocycles. The van der Waals surface area contributed by atoms with Gasteiger partial charge in [0.15, 0.2) is 0 Å². The molecule has 1 aromatic carbocycles. The summed E-state index contributed by atoms with van der Waals surface area (Å²) in [6.45, 7) is 1.84. The molecule has 2 nitrogen and oxygen atoms in total. The summed E-state index contributed by atoms with van der Waals surface area (Å²) in [6.07, 6.45) is 0. The first kappa shape index (κ1) is 11.2. The Morgan fingerprint density at radius 2 is 1.93 bits per heavy atom. The van der Waals surface area contributed by atoms with Gasteiger partial charge in [-0.15, -0.1) is 11.3 Å². The molecule has 0 radical (unpaired) electrons. The fourth-order valence-electron chi connectivity index (χ4n) is 1.42. The Labute approximate surface area is 101 Å². The van der Waals surface area contributed by atoms with Gasteiger partial charge in [0.2, 0.25) is 0 Å². The molecule has 0 fully saturated rings. The fourth-order valence-corrected chi connectivity index (χ4v) is 4.18. The van der Waals surface area contributed by atoms with Gasteiger partial charge in [-0.2, -0.15) is 0 Å². The Morgan fingerprint density at radius 3 is 2.53 bits per heavy atom. The molecule has 2 rings (SSSR count). The molecule has 0 amide bonds. The molecule has 6 heteroatoms. The second-order valence-corrected chi connectivity index (χ2v) is 7.50. The zero-order chi connectivity index (χ0) is 11.2. The summed E-state index contributed by atoms with van der Waals surface area (Å²) in [4.78, 5) is 0.895. The minimum absolute atomic E-state index is 0.188. The van der Waals surface area contributed by atoms with Crippen molar-refractivity contribution in [3.8, 4) is 0 Å². The Kier molecular flexibility index (Phi) is 2.71. The van der Waals surface area contributed by atoms with E-state index in [0.29, 0.717) is 10.4 Å². The summed E-state index contributed by atoms with van der Waals surface area (Å²) in [5, 5.41) is 2.06. The molecule has 80 valence electrons. The van der Waals surface area contributed by atoms with Crippen molar-refractivity contribution in [2.24, 2.45) is 0 Å². The average Bonchev–Trinajstić information content (AvgIpc) is 2.43. The quantitative estimate of drug-likeness (QED) is 0.745. The van der Waals surface area contributed by atoms with Crippen molar-refractivity contribution in [1.82, 2.24) is 0 Å². The molecule has 0 atom stereocenters. The molecule has 15 heavy (non-hydrogen) atoms. The first-order valence-electron chi connectivity index (χ1n) is 4.03. The van der Waals surface area contributed by atoms with Crippen molar-refractivity contribution in [3.05, 3.63) is 28.1 Å². The molecule has 0 aliphatic rings. The van der Waals surface area contributed by atoms with E-state index < -0.39 is 9.05 Å². The number of hydrogen-bond donors (Lipinski definition) is 0. The summed E-state index contributed by atoms with van der Waals surface area (Å²) in [7, 11) is 1.67. The molecule has 2 aromatic rings. The molecule has 0 aliphatic heterocycles. The maximum Gasteiger partial charge on any atom is 0.271 e. The molecule has 0 saturated heterocycles. The number of halogens is 2. The lowest BCUT2D eigenvalue weighted by atomic mass is 10.2. The van der Waals surface area contributed by atoms with Gasteiger partial charge in [-0.3, -0.25) is 0 Å².